The Labute approximate surface area is 124 Å². The molecule has 3 N–H and O–H groups in total. The smallest absolute Gasteiger partial charge is 0.322 e. The summed E-state index contributed by atoms with van der Waals surface area (Å²) in [6, 6.07) is 11.2. The third kappa shape index (κ3) is 4.29. The minimum absolute atomic E-state index is 0.116. The molecular weight excluding hydrogens is 264 g/mol. The van der Waals surface area contributed by atoms with Crippen LogP contribution in [0.15, 0.2) is 48.8 Å². The largest absolute Gasteiger partial charge is 0.326 e. The molecule has 1 aromatic heterocycles. The van der Waals surface area contributed by atoms with Crippen LogP contribution in [-0.2, 0) is 13.1 Å². The van der Waals surface area contributed by atoms with Gasteiger partial charge in [-0.05, 0) is 42.3 Å². The fourth-order valence-electron chi connectivity index (χ4n) is 1.96. The highest BCUT2D eigenvalue weighted by molar-refractivity contribution is 5.89. The Hall–Kier alpha value is -2.40. The van der Waals surface area contributed by atoms with E-state index >= 15 is 0 Å². The standard InChI is InChI=1S/C16H20N4O/c1-2-20(12-14-7-9-18-10-8-14)16(21)19-15-5-3-13(11-17)4-6-15/h3-10H,2,11-12,17H2,1H3,(H,19,21). The van der Waals surface area contributed by atoms with Crippen LogP contribution >= 0.6 is 0 Å². The second-order valence-electron chi connectivity index (χ2n) is 4.70. The molecule has 0 saturated carbocycles. The van der Waals surface area contributed by atoms with E-state index in [1.807, 2.05) is 43.3 Å². The Kier molecular flexibility index (Phi) is 5.29. The van der Waals surface area contributed by atoms with Crippen LogP contribution in [0.4, 0.5) is 10.5 Å². The Balaban J connectivity index is 1.99. The average Bonchev–Trinajstić information content (AvgIpc) is 2.54. The van der Waals surface area contributed by atoms with Gasteiger partial charge in [0.25, 0.3) is 0 Å². The second-order valence-corrected chi connectivity index (χ2v) is 4.70. The summed E-state index contributed by atoms with van der Waals surface area (Å²) in [5, 5.41) is 2.90. The molecule has 0 unspecified atom stereocenters. The van der Waals surface area contributed by atoms with Gasteiger partial charge in [0.05, 0.1) is 0 Å². The number of anilines is 1. The zero-order valence-electron chi connectivity index (χ0n) is 12.1. The van der Waals surface area contributed by atoms with Crippen molar-refractivity contribution in [3.63, 3.8) is 0 Å². The lowest BCUT2D eigenvalue weighted by molar-refractivity contribution is 0.212. The molecule has 0 atom stereocenters. The lowest BCUT2D eigenvalue weighted by Crippen LogP contribution is -2.34. The summed E-state index contributed by atoms with van der Waals surface area (Å²) < 4.78 is 0. The predicted molar refractivity (Wildman–Crippen MR) is 83.7 cm³/mol. The van der Waals surface area contributed by atoms with Crippen LogP contribution in [0.1, 0.15) is 18.1 Å². The van der Waals surface area contributed by atoms with Gasteiger partial charge in [0, 0.05) is 37.7 Å². The zero-order valence-corrected chi connectivity index (χ0v) is 12.1. The first-order valence-corrected chi connectivity index (χ1v) is 6.96. The maximum absolute atomic E-state index is 12.3. The molecule has 2 amide bonds. The molecule has 5 heteroatoms. The van der Waals surface area contributed by atoms with E-state index in [-0.39, 0.29) is 6.03 Å². The highest BCUT2D eigenvalue weighted by Gasteiger charge is 2.12. The SMILES string of the molecule is CCN(Cc1ccncc1)C(=O)Nc1ccc(CN)cc1. The van der Waals surface area contributed by atoms with Crippen LogP contribution in [0.25, 0.3) is 0 Å². The second kappa shape index (κ2) is 7.40. The number of aromatic nitrogens is 1. The Morgan fingerprint density at radius 3 is 2.38 bits per heavy atom. The van der Waals surface area contributed by atoms with E-state index in [0.717, 1.165) is 16.8 Å². The van der Waals surface area contributed by atoms with Gasteiger partial charge in [-0.1, -0.05) is 12.1 Å². The van der Waals surface area contributed by atoms with Gasteiger partial charge in [0.15, 0.2) is 0 Å². The number of rotatable bonds is 5. The molecule has 0 saturated heterocycles. The number of urea groups is 1. The number of benzene rings is 1. The summed E-state index contributed by atoms with van der Waals surface area (Å²) in [4.78, 5) is 18.0. The van der Waals surface area contributed by atoms with Crippen molar-refractivity contribution in [2.45, 2.75) is 20.0 Å². The summed E-state index contributed by atoms with van der Waals surface area (Å²) in [6.45, 7) is 3.65. The molecule has 0 bridgehead atoms. The minimum Gasteiger partial charge on any atom is -0.326 e. The van der Waals surface area contributed by atoms with Gasteiger partial charge < -0.3 is 16.0 Å². The number of hydrogen-bond donors (Lipinski definition) is 2. The number of carbonyl (C=O) groups excluding carboxylic acids is 1. The molecule has 0 radical (unpaired) electrons. The van der Waals surface area contributed by atoms with Crippen molar-refractivity contribution in [1.29, 1.82) is 0 Å². The molecule has 0 aliphatic rings. The molecule has 5 nitrogen and oxygen atoms in total. The third-order valence-electron chi connectivity index (χ3n) is 3.23. The maximum Gasteiger partial charge on any atom is 0.322 e. The average molecular weight is 284 g/mol. The molecule has 2 rings (SSSR count). The van der Waals surface area contributed by atoms with Gasteiger partial charge in [-0.3, -0.25) is 4.98 Å². The van der Waals surface area contributed by atoms with Gasteiger partial charge in [-0.15, -0.1) is 0 Å². The summed E-state index contributed by atoms with van der Waals surface area (Å²) >= 11 is 0. The Morgan fingerprint density at radius 2 is 1.81 bits per heavy atom. The van der Waals surface area contributed by atoms with Gasteiger partial charge in [0.2, 0.25) is 0 Å². The summed E-state index contributed by atoms with van der Waals surface area (Å²) in [6.07, 6.45) is 3.46. The topological polar surface area (TPSA) is 71.2 Å². The van der Waals surface area contributed by atoms with Gasteiger partial charge in [-0.25, -0.2) is 4.79 Å². The van der Waals surface area contributed by atoms with Crippen LogP contribution in [0.2, 0.25) is 0 Å². The highest BCUT2D eigenvalue weighted by Crippen LogP contribution is 2.11. The van der Waals surface area contributed by atoms with Crippen molar-refractivity contribution < 1.29 is 4.79 Å². The van der Waals surface area contributed by atoms with Crippen LogP contribution < -0.4 is 11.1 Å². The number of hydrogen-bond acceptors (Lipinski definition) is 3. The van der Waals surface area contributed by atoms with Crippen LogP contribution in [-0.4, -0.2) is 22.5 Å². The minimum atomic E-state index is -0.116. The monoisotopic (exact) mass is 284 g/mol. The molecule has 0 spiro atoms. The number of nitrogens with one attached hydrogen (secondary N) is 1. The van der Waals surface area contributed by atoms with Crippen molar-refractivity contribution >= 4 is 11.7 Å². The predicted octanol–water partition coefficient (Wildman–Crippen LogP) is 2.59. The van der Waals surface area contributed by atoms with Crippen molar-refractivity contribution in [2.24, 2.45) is 5.73 Å². The first-order chi connectivity index (χ1) is 10.2. The van der Waals surface area contributed by atoms with E-state index in [0.29, 0.717) is 19.6 Å². The van der Waals surface area contributed by atoms with Gasteiger partial charge >= 0.3 is 6.03 Å². The van der Waals surface area contributed by atoms with Gasteiger partial charge in [0.1, 0.15) is 0 Å². The number of pyridine rings is 1. The van der Waals surface area contributed by atoms with Crippen LogP contribution in [0, 0.1) is 0 Å². The van der Waals surface area contributed by atoms with E-state index in [9.17, 15) is 4.79 Å². The van der Waals surface area contributed by atoms with E-state index in [4.69, 9.17) is 5.73 Å². The molecule has 0 aliphatic heterocycles. The first kappa shape index (κ1) is 15.0. The highest BCUT2D eigenvalue weighted by atomic mass is 16.2. The molecule has 0 aliphatic carbocycles. The molecule has 1 heterocycles. The van der Waals surface area contributed by atoms with E-state index in [2.05, 4.69) is 10.3 Å². The number of amides is 2. The van der Waals surface area contributed by atoms with E-state index < -0.39 is 0 Å². The lowest BCUT2D eigenvalue weighted by Gasteiger charge is -2.21. The van der Waals surface area contributed by atoms with E-state index in [1.165, 1.54) is 0 Å². The summed E-state index contributed by atoms with van der Waals surface area (Å²) in [5.41, 5.74) is 8.42. The van der Waals surface area contributed by atoms with Crippen LogP contribution in [0.5, 0.6) is 0 Å². The zero-order chi connectivity index (χ0) is 15.1. The molecular formula is C16H20N4O. The van der Waals surface area contributed by atoms with Gasteiger partial charge in [-0.2, -0.15) is 0 Å². The number of nitrogens with two attached hydrogens (primary N) is 1. The lowest BCUT2D eigenvalue weighted by atomic mass is 10.2. The molecule has 110 valence electrons. The Morgan fingerprint density at radius 1 is 1.14 bits per heavy atom. The molecule has 1 aromatic carbocycles. The molecule has 2 aromatic rings. The van der Waals surface area contributed by atoms with Crippen molar-refractivity contribution in [1.82, 2.24) is 9.88 Å². The number of nitrogens with zero attached hydrogens (tertiary/aromatic N) is 2. The molecule has 0 fully saturated rings. The van der Waals surface area contributed by atoms with Crippen LogP contribution in [0.3, 0.4) is 0 Å². The summed E-state index contributed by atoms with van der Waals surface area (Å²) in [5.74, 6) is 0. The number of carbonyl (C=O) groups is 1. The quantitative estimate of drug-likeness (QED) is 0.886. The Bertz CT molecular complexity index is 569. The fourth-order valence-corrected chi connectivity index (χ4v) is 1.96. The van der Waals surface area contributed by atoms with E-state index in [1.54, 1.807) is 17.3 Å². The normalized spacial score (nSPS) is 10.2. The maximum atomic E-state index is 12.3. The molecule has 21 heavy (non-hydrogen) atoms. The van der Waals surface area contributed by atoms with Crippen molar-refractivity contribution in [3.05, 3.63) is 59.9 Å². The first-order valence-electron chi connectivity index (χ1n) is 6.96. The fraction of sp³-hybridized carbons (Fsp3) is 0.250. The summed E-state index contributed by atoms with van der Waals surface area (Å²) in [7, 11) is 0. The third-order valence-corrected chi connectivity index (χ3v) is 3.23. The van der Waals surface area contributed by atoms with Crippen molar-refractivity contribution in [3.8, 4) is 0 Å². The van der Waals surface area contributed by atoms with Crippen molar-refractivity contribution in [2.75, 3.05) is 11.9 Å².